The van der Waals surface area contributed by atoms with Crippen molar-refractivity contribution in [1.82, 2.24) is 0 Å². The highest BCUT2D eigenvalue weighted by Gasteiger charge is 2.44. The number of ketones is 3. The van der Waals surface area contributed by atoms with Crippen LogP contribution in [0.15, 0.2) is 30.3 Å². The van der Waals surface area contributed by atoms with Gasteiger partial charge in [-0.05, 0) is 17.9 Å². The van der Waals surface area contributed by atoms with Crippen molar-refractivity contribution < 1.29 is 68.4 Å². The van der Waals surface area contributed by atoms with Gasteiger partial charge in [-0.15, -0.1) is 0 Å². The van der Waals surface area contributed by atoms with Crippen molar-refractivity contribution in [2.45, 2.75) is 63.4 Å². The molecule has 48 heavy (non-hydrogen) atoms. The number of aliphatic hydroxyl groups excluding tert-OH is 3. The maximum atomic E-state index is 12.3. The summed E-state index contributed by atoms with van der Waals surface area (Å²) in [5, 5.41) is 62.0. The lowest BCUT2D eigenvalue weighted by atomic mass is 9.81. The largest absolute Gasteiger partial charge is 0.549 e. The number of hydrogen-bond acceptors (Lipinski definition) is 12. The molecule has 0 saturated heterocycles. The highest BCUT2D eigenvalue weighted by Crippen LogP contribution is 2.19. The molecule has 1 aromatic carbocycles. The van der Waals surface area contributed by atoms with E-state index in [1.54, 1.807) is 80.4 Å². The van der Waals surface area contributed by atoms with Gasteiger partial charge >= 0.3 is 5.97 Å². The van der Waals surface area contributed by atoms with Crippen molar-refractivity contribution >= 4 is 35.3 Å². The number of rotatable bonds is 20. The zero-order valence-electron chi connectivity index (χ0n) is 29.1. The van der Waals surface area contributed by atoms with E-state index < -0.39 is 89.7 Å². The molecule has 0 fully saturated rings. The number of hydrogen-bond donors (Lipinski definition) is 5. The van der Waals surface area contributed by atoms with E-state index >= 15 is 0 Å². The minimum atomic E-state index is -1.84. The molecule has 0 spiro atoms. The second kappa shape index (κ2) is 18.8. The standard InChI is InChI=1S/C20H36N2O9.C13H17NO3/c1-21(2,3)10-15(26)17(19(28)29)13(24)8-7-12(23)9-14(25)18(20(30)31)16(27)11-22(4,5)6;1-9(2)13(14,12(16)17)11(15)8-10-6-4-3-5-7-10/h12,15-18,23,26-27H,7-11H2,1-6H3;3-7,9H,8,14H2,1-2H3,(H,16,17). The van der Waals surface area contributed by atoms with Crippen molar-refractivity contribution in [3.63, 3.8) is 0 Å². The normalized spacial score (nSPS) is 16.3. The summed E-state index contributed by atoms with van der Waals surface area (Å²) < 4.78 is 0.394. The van der Waals surface area contributed by atoms with E-state index in [2.05, 4.69) is 0 Å². The lowest BCUT2D eigenvalue weighted by Gasteiger charge is -2.31. The number of benzene rings is 1. The van der Waals surface area contributed by atoms with E-state index in [1.807, 2.05) is 6.07 Å². The number of carboxylic acids is 3. The van der Waals surface area contributed by atoms with Gasteiger partial charge in [0.05, 0.1) is 72.2 Å². The molecule has 0 aliphatic rings. The van der Waals surface area contributed by atoms with Gasteiger partial charge in [-0.1, -0.05) is 44.2 Å². The molecule has 0 aromatic heterocycles. The van der Waals surface area contributed by atoms with Crippen LogP contribution in [0.5, 0.6) is 0 Å². The Balaban J connectivity index is 0.00000109. The Hall–Kier alpha value is -3.60. The van der Waals surface area contributed by atoms with Gasteiger partial charge < -0.3 is 54.9 Å². The van der Waals surface area contributed by atoms with Gasteiger partial charge in [0.2, 0.25) is 0 Å². The Morgan fingerprint density at radius 2 is 1.19 bits per heavy atom. The number of likely N-dealkylation sites (N-methyl/N-ethyl adjacent to an activating group) is 2. The van der Waals surface area contributed by atoms with Crippen LogP contribution in [0.1, 0.15) is 38.7 Å². The van der Waals surface area contributed by atoms with E-state index in [0.717, 1.165) is 5.56 Å². The molecule has 0 saturated carbocycles. The summed E-state index contributed by atoms with van der Waals surface area (Å²) in [6, 6.07) is 9.00. The van der Waals surface area contributed by atoms with Crippen LogP contribution in [-0.4, -0.2) is 144 Å². The monoisotopic (exact) mass is 683 g/mol. The van der Waals surface area contributed by atoms with Gasteiger partial charge in [0.15, 0.2) is 11.3 Å². The number of nitrogens with zero attached hydrogens (tertiary/aromatic N) is 2. The molecular formula is C33H53N3O12. The highest BCUT2D eigenvalue weighted by molar-refractivity contribution is 6.08. The number of carboxylic acid groups (broad SMARTS) is 3. The number of Topliss-reactive ketones (excluding diaryl/α,β-unsaturated/α-hetero) is 3. The molecule has 0 heterocycles. The Morgan fingerprint density at radius 3 is 1.54 bits per heavy atom. The number of aliphatic hydroxyl groups is 3. The molecule has 0 radical (unpaired) electrons. The number of aliphatic carboxylic acids is 3. The lowest BCUT2D eigenvalue weighted by molar-refractivity contribution is -0.873. The van der Waals surface area contributed by atoms with Gasteiger partial charge in [-0.2, -0.15) is 0 Å². The van der Waals surface area contributed by atoms with E-state index in [-0.39, 0.29) is 34.9 Å². The molecule has 1 aromatic rings. The molecule has 15 nitrogen and oxygen atoms in total. The second-order valence-electron chi connectivity index (χ2n) is 14.4. The van der Waals surface area contributed by atoms with E-state index in [9.17, 15) is 54.3 Å². The lowest BCUT2D eigenvalue weighted by Crippen LogP contribution is -2.59. The second-order valence-corrected chi connectivity index (χ2v) is 14.4. The van der Waals surface area contributed by atoms with Gasteiger partial charge in [0.25, 0.3) is 0 Å². The molecule has 1 rings (SSSR count). The van der Waals surface area contributed by atoms with Crippen LogP contribution in [0.2, 0.25) is 0 Å². The van der Waals surface area contributed by atoms with E-state index in [0.29, 0.717) is 0 Å². The first-order valence-corrected chi connectivity index (χ1v) is 15.5. The van der Waals surface area contributed by atoms with Crippen LogP contribution in [0, 0.1) is 17.8 Å². The predicted molar refractivity (Wildman–Crippen MR) is 169 cm³/mol. The molecule has 0 aliphatic carbocycles. The van der Waals surface area contributed by atoms with Crippen LogP contribution in [0.3, 0.4) is 0 Å². The zero-order valence-corrected chi connectivity index (χ0v) is 29.1. The third-order valence-electron chi connectivity index (χ3n) is 7.53. The summed E-state index contributed by atoms with van der Waals surface area (Å²) >= 11 is 0. The summed E-state index contributed by atoms with van der Waals surface area (Å²) in [6.45, 7) is 3.20. The fourth-order valence-electron chi connectivity index (χ4n) is 4.88. The average molecular weight is 684 g/mol. The van der Waals surface area contributed by atoms with Crippen LogP contribution < -0.4 is 15.9 Å². The fraction of sp³-hybridized carbons (Fsp3) is 0.636. The van der Waals surface area contributed by atoms with Crippen molar-refractivity contribution in [2.24, 2.45) is 23.5 Å². The van der Waals surface area contributed by atoms with Crippen molar-refractivity contribution in [3.05, 3.63) is 35.9 Å². The zero-order chi connectivity index (χ0) is 37.8. The molecule has 272 valence electrons. The maximum Gasteiger partial charge on any atom is 0.331 e. The molecular weight excluding hydrogens is 630 g/mol. The molecule has 0 aliphatic heterocycles. The summed E-state index contributed by atoms with van der Waals surface area (Å²) in [4.78, 5) is 70.4. The van der Waals surface area contributed by atoms with Crippen LogP contribution >= 0.6 is 0 Å². The number of quaternary nitrogens is 2. The highest BCUT2D eigenvalue weighted by atomic mass is 16.4. The Bertz CT molecular complexity index is 1260. The SMILES string of the molecule is CC(C)C(N)(C(=O)O)C(=O)Cc1ccccc1.C[N+](C)(C)CC(O)C(C(=O)[O-])C(=O)CCC(O)CC(=O)C(C(=O)[O-])C(O)C[N+](C)(C)C. The quantitative estimate of drug-likeness (QED) is 0.0670. The third-order valence-corrected chi connectivity index (χ3v) is 7.53. The number of carbonyl (C=O) groups excluding carboxylic acids is 5. The summed E-state index contributed by atoms with van der Waals surface area (Å²) in [5.41, 5.74) is 4.69. The topological polar surface area (TPSA) is 255 Å². The number of nitrogens with two attached hydrogens (primary N) is 1. The van der Waals surface area contributed by atoms with Crippen LogP contribution in [0.4, 0.5) is 0 Å². The first kappa shape index (κ1) is 44.4. The van der Waals surface area contributed by atoms with Crippen molar-refractivity contribution in [3.8, 4) is 0 Å². The Labute approximate surface area is 281 Å². The van der Waals surface area contributed by atoms with Gasteiger partial charge in [0, 0.05) is 19.3 Å². The van der Waals surface area contributed by atoms with Crippen LogP contribution in [0.25, 0.3) is 0 Å². The Morgan fingerprint density at radius 1 is 0.771 bits per heavy atom. The molecule has 6 atom stereocenters. The smallest absolute Gasteiger partial charge is 0.331 e. The molecule has 6 unspecified atom stereocenters. The maximum absolute atomic E-state index is 12.3. The van der Waals surface area contributed by atoms with Gasteiger partial charge in [-0.25, -0.2) is 4.79 Å². The van der Waals surface area contributed by atoms with E-state index in [4.69, 9.17) is 10.8 Å². The van der Waals surface area contributed by atoms with Crippen LogP contribution in [-0.2, 0) is 35.2 Å². The molecule has 0 bridgehead atoms. The summed E-state index contributed by atoms with van der Waals surface area (Å²) in [6.07, 6.45) is -5.86. The summed E-state index contributed by atoms with van der Waals surface area (Å²) in [7, 11) is 10.2. The summed E-state index contributed by atoms with van der Waals surface area (Å²) in [5.74, 6) is -11.1. The fourth-order valence-corrected chi connectivity index (χ4v) is 4.88. The van der Waals surface area contributed by atoms with E-state index in [1.165, 1.54) is 0 Å². The number of carbonyl (C=O) groups is 6. The van der Waals surface area contributed by atoms with Gasteiger partial charge in [0.1, 0.15) is 36.9 Å². The van der Waals surface area contributed by atoms with Crippen molar-refractivity contribution in [2.75, 3.05) is 55.4 Å². The first-order chi connectivity index (χ1) is 21.7. The predicted octanol–water partition coefficient (Wildman–Crippen LogP) is -3.24. The Kier molecular flexibility index (Phi) is 17.4. The first-order valence-electron chi connectivity index (χ1n) is 15.5. The average Bonchev–Trinajstić information content (AvgIpc) is 2.89. The van der Waals surface area contributed by atoms with Gasteiger partial charge in [-0.3, -0.25) is 14.4 Å². The minimum Gasteiger partial charge on any atom is -0.549 e. The molecule has 15 heteroatoms. The third kappa shape index (κ3) is 15.1. The minimum absolute atomic E-state index is 0.0249. The molecule has 6 N–H and O–H groups in total. The van der Waals surface area contributed by atoms with Crippen molar-refractivity contribution in [1.29, 1.82) is 0 Å². The molecule has 0 amide bonds.